The number of pyridine rings is 1. The molecule has 4 nitrogen and oxygen atoms in total. The highest BCUT2D eigenvalue weighted by atomic mass is 32.1. The molecular weight excluding hydrogens is 306 g/mol. The van der Waals surface area contributed by atoms with Gasteiger partial charge in [0.25, 0.3) is 5.91 Å². The quantitative estimate of drug-likeness (QED) is 0.723. The Morgan fingerprint density at radius 3 is 2.83 bits per heavy atom. The standard InChI is InChI=1S/C18H17N3OS/c1-3-21(15-8-4-6-13(2)10-15)18(22)16-12-23-17(20-16)14-7-5-9-19-11-14/h4-12H,3H2,1-2H3. The maximum atomic E-state index is 12.8. The van der Waals surface area contributed by atoms with Crippen LogP contribution in [0.3, 0.4) is 0 Å². The van der Waals surface area contributed by atoms with Gasteiger partial charge in [0.1, 0.15) is 10.7 Å². The third-order valence-corrected chi connectivity index (χ3v) is 4.40. The van der Waals surface area contributed by atoms with E-state index in [9.17, 15) is 4.79 Å². The molecule has 23 heavy (non-hydrogen) atoms. The van der Waals surface area contributed by atoms with Crippen LogP contribution in [0.15, 0.2) is 54.2 Å². The fourth-order valence-electron chi connectivity index (χ4n) is 2.37. The topological polar surface area (TPSA) is 46.1 Å². The lowest BCUT2D eigenvalue weighted by Crippen LogP contribution is -2.30. The highest BCUT2D eigenvalue weighted by Crippen LogP contribution is 2.25. The van der Waals surface area contributed by atoms with Crippen LogP contribution in [-0.4, -0.2) is 22.4 Å². The van der Waals surface area contributed by atoms with Crippen LogP contribution in [0.4, 0.5) is 5.69 Å². The third kappa shape index (κ3) is 3.29. The Hall–Kier alpha value is -2.53. The van der Waals surface area contributed by atoms with E-state index in [2.05, 4.69) is 9.97 Å². The second-order valence-corrected chi connectivity index (χ2v) is 6.03. The lowest BCUT2D eigenvalue weighted by atomic mass is 10.2. The minimum Gasteiger partial charge on any atom is -0.307 e. The van der Waals surface area contributed by atoms with E-state index in [1.807, 2.05) is 55.6 Å². The first-order valence-corrected chi connectivity index (χ1v) is 8.31. The molecule has 0 spiro atoms. The largest absolute Gasteiger partial charge is 0.307 e. The van der Waals surface area contributed by atoms with Crippen LogP contribution in [-0.2, 0) is 0 Å². The molecule has 1 amide bonds. The zero-order valence-electron chi connectivity index (χ0n) is 13.1. The molecule has 3 aromatic rings. The Balaban J connectivity index is 1.89. The average molecular weight is 323 g/mol. The zero-order chi connectivity index (χ0) is 16.2. The number of carbonyl (C=O) groups is 1. The monoisotopic (exact) mass is 323 g/mol. The summed E-state index contributed by atoms with van der Waals surface area (Å²) in [5, 5.41) is 2.62. The predicted octanol–water partition coefficient (Wildman–Crippen LogP) is 4.18. The lowest BCUT2D eigenvalue weighted by molar-refractivity contribution is 0.0984. The van der Waals surface area contributed by atoms with Crippen LogP contribution in [0, 0.1) is 6.92 Å². The minimum atomic E-state index is -0.0792. The molecule has 0 atom stereocenters. The van der Waals surface area contributed by atoms with Gasteiger partial charge < -0.3 is 4.90 Å². The SMILES string of the molecule is CCN(C(=O)c1csc(-c2cccnc2)n1)c1cccc(C)c1. The molecule has 0 aliphatic rings. The third-order valence-electron chi connectivity index (χ3n) is 3.51. The van der Waals surface area contributed by atoms with Crippen LogP contribution >= 0.6 is 11.3 Å². The first-order chi connectivity index (χ1) is 11.2. The van der Waals surface area contributed by atoms with Crippen LogP contribution in [0.25, 0.3) is 10.6 Å². The number of aryl methyl sites for hydroxylation is 1. The van der Waals surface area contributed by atoms with Crippen molar-refractivity contribution in [1.82, 2.24) is 9.97 Å². The first-order valence-electron chi connectivity index (χ1n) is 7.43. The number of rotatable bonds is 4. The summed E-state index contributed by atoms with van der Waals surface area (Å²) >= 11 is 1.46. The van der Waals surface area contributed by atoms with Crippen molar-refractivity contribution in [2.45, 2.75) is 13.8 Å². The molecule has 0 fully saturated rings. The maximum absolute atomic E-state index is 12.8. The van der Waals surface area contributed by atoms with Crippen LogP contribution in [0.5, 0.6) is 0 Å². The van der Waals surface area contributed by atoms with E-state index in [0.717, 1.165) is 21.8 Å². The predicted molar refractivity (Wildman–Crippen MR) is 93.9 cm³/mol. The van der Waals surface area contributed by atoms with Gasteiger partial charge in [-0.05, 0) is 43.7 Å². The summed E-state index contributed by atoms with van der Waals surface area (Å²) in [5.41, 5.74) is 3.42. The summed E-state index contributed by atoms with van der Waals surface area (Å²) in [6.45, 7) is 4.59. The van der Waals surface area contributed by atoms with Crippen LogP contribution in [0.2, 0.25) is 0 Å². The van der Waals surface area contributed by atoms with E-state index in [1.54, 1.807) is 17.3 Å². The summed E-state index contributed by atoms with van der Waals surface area (Å²) in [6.07, 6.45) is 3.48. The number of hydrogen-bond donors (Lipinski definition) is 0. The molecule has 116 valence electrons. The Morgan fingerprint density at radius 1 is 1.26 bits per heavy atom. The Bertz CT molecular complexity index is 814. The molecule has 2 heterocycles. The summed E-state index contributed by atoms with van der Waals surface area (Å²) in [7, 11) is 0. The average Bonchev–Trinajstić information content (AvgIpc) is 3.06. The highest BCUT2D eigenvalue weighted by Gasteiger charge is 2.19. The number of benzene rings is 1. The molecule has 0 saturated carbocycles. The zero-order valence-corrected chi connectivity index (χ0v) is 13.9. The van der Waals surface area contributed by atoms with E-state index in [4.69, 9.17) is 0 Å². The number of aromatic nitrogens is 2. The van der Waals surface area contributed by atoms with Gasteiger partial charge in [-0.3, -0.25) is 9.78 Å². The Labute approximate surface area is 139 Å². The molecule has 1 aromatic carbocycles. The fourth-order valence-corrected chi connectivity index (χ4v) is 3.16. The summed E-state index contributed by atoms with van der Waals surface area (Å²) < 4.78 is 0. The smallest absolute Gasteiger partial charge is 0.277 e. The Morgan fingerprint density at radius 2 is 2.13 bits per heavy atom. The van der Waals surface area contributed by atoms with Gasteiger partial charge in [0, 0.05) is 35.6 Å². The molecule has 0 N–H and O–H groups in total. The second kappa shape index (κ2) is 6.71. The van der Waals surface area contributed by atoms with Crippen molar-refractivity contribution in [3.05, 3.63) is 65.4 Å². The maximum Gasteiger partial charge on any atom is 0.277 e. The van der Waals surface area contributed by atoms with Crippen molar-refractivity contribution >= 4 is 22.9 Å². The summed E-state index contributed by atoms with van der Waals surface area (Å²) in [5.74, 6) is -0.0792. The van der Waals surface area contributed by atoms with Crippen molar-refractivity contribution in [1.29, 1.82) is 0 Å². The van der Waals surface area contributed by atoms with Gasteiger partial charge in [0.15, 0.2) is 0 Å². The molecule has 0 bridgehead atoms. The van der Waals surface area contributed by atoms with Crippen molar-refractivity contribution in [3.63, 3.8) is 0 Å². The van der Waals surface area contributed by atoms with Crippen LogP contribution < -0.4 is 4.90 Å². The van der Waals surface area contributed by atoms with Gasteiger partial charge in [0.2, 0.25) is 0 Å². The van der Waals surface area contributed by atoms with Crippen molar-refractivity contribution in [2.24, 2.45) is 0 Å². The molecule has 0 aliphatic carbocycles. The fraction of sp³-hybridized carbons (Fsp3) is 0.167. The number of anilines is 1. The van der Waals surface area contributed by atoms with Gasteiger partial charge in [-0.2, -0.15) is 0 Å². The second-order valence-electron chi connectivity index (χ2n) is 5.17. The van der Waals surface area contributed by atoms with Crippen molar-refractivity contribution < 1.29 is 4.79 Å². The summed E-state index contributed by atoms with van der Waals surface area (Å²) in [6, 6.07) is 11.7. The van der Waals surface area contributed by atoms with Gasteiger partial charge in [-0.25, -0.2) is 4.98 Å². The van der Waals surface area contributed by atoms with E-state index >= 15 is 0 Å². The number of hydrogen-bond acceptors (Lipinski definition) is 4. The highest BCUT2D eigenvalue weighted by molar-refractivity contribution is 7.13. The number of thiazole rings is 1. The van der Waals surface area contributed by atoms with Crippen molar-refractivity contribution in [3.8, 4) is 10.6 Å². The van der Waals surface area contributed by atoms with Crippen LogP contribution in [0.1, 0.15) is 23.0 Å². The lowest BCUT2D eigenvalue weighted by Gasteiger charge is -2.20. The van der Waals surface area contributed by atoms with Crippen molar-refractivity contribution in [2.75, 3.05) is 11.4 Å². The number of nitrogens with zero attached hydrogens (tertiary/aromatic N) is 3. The molecule has 0 aliphatic heterocycles. The number of carbonyl (C=O) groups excluding carboxylic acids is 1. The van der Waals surface area contributed by atoms with E-state index < -0.39 is 0 Å². The minimum absolute atomic E-state index is 0.0792. The molecular formula is C18H17N3OS. The number of amides is 1. The van der Waals surface area contributed by atoms with Gasteiger partial charge in [-0.1, -0.05) is 12.1 Å². The molecule has 0 unspecified atom stereocenters. The normalized spacial score (nSPS) is 10.5. The summed E-state index contributed by atoms with van der Waals surface area (Å²) in [4.78, 5) is 23.1. The molecule has 0 radical (unpaired) electrons. The Kier molecular flexibility index (Phi) is 4.48. The van der Waals surface area contributed by atoms with Gasteiger partial charge in [-0.15, -0.1) is 11.3 Å². The van der Waals surface area contributed by atoms with E-state index in [-0.39, 0.29) is 5.91 Å². The van der Waals surface area contributed by atoms with Gasteiger partial charge >= 0.3 is 0 Å². The van der Waals surface area contributed by atoms with Gasteiger partial charge in [0.05, 0.1) is 0 Å². The van der Waals surface area contributed by atoms with E-state index in [1.165, 1.54) is 11.3 Å². The molecule has 3 rings (SSSR count). The molecule has 5 heteroatoms. The molecule has 0 saturated heterocycles. The first kappa shape index (κ1) is 15.4. The molecule has 2 aromatic heterocycles. The van der Waals surface area contributed by atoms with E-state index in [0.29, 0.717) is 12.2 Å².